The number of rotatable bonds is 2. The minimum absolute atomic E-state index is 0.363. The molecule has 1 rings (SSSR count). The van der Waals surface area contributed by atoms with E-state index in [1.54, 1.807) is 19.0 Å². The van der Waals surface area contributed by atoms with Gasteiger partial charge in [0, 0.05) is 25.3 Å². The zero-order chi connectivity index (χ0) is 13.3. The van der Waals surface area contributed by atoms with Crippen LogP contribution in [-0.4, -0.2) is 25.4 Å². The van der Waals surface area contributed by atoms with E-state index >= 15 is 0 Å². The van der Waals surface area contributed by atoms with E-state index in [0.717, 1.165) is 5.69 Å². The van der Waals surface area contributed by atoms with Crippen LogP contribution < -0.4 is 4.90 Å². The Labute approximate surface area is 97.7 Å². The van der Waals surface area contributed by atoms with Crippen molar-refractivity contribution in [3.05, 3.63) is 29.8 Å². The van der Waals surface area contributed by atoms with Crippen LogP contribution in [0.2, 0.25) is 0 Å². The fraction of sp³-hybridized carbons (Fsp3) is 0.333. The van der Waals surface area contributed by atoms with Crippen LogP contribution in [0.1, 0.15) is 5.56 Å². The largest absolute Gasteiger partial charge is 0.433 e. The van der Waals surface area contributed by atoms with Gasteiger partial charge in [0.25, 0.3) is 0 Å². The van der Waals surface area contributed by atoms with Gasteiger partial charge in [-0.2, -0.15) is 13.2 Å². The summed E-state index contributed by atoms with van der Waals surface area (Å²) in [6.07, 6.45) is -0.109. The van der Waals surface area contributed by atoms with Crippen LogP contribution in [0, 0.1) is 12.3 Å². The van der Waals surface area contributed by atoms with Crippen LogP contribution in [0.5, 0.6) is 0 Å². The van der Waals surface area contributed by atoms with Crippen LogP contribution in [0.15, 0.2) is 24.3 Å². The molecule has 5 heteroatoms. The Kier molecular flexibility index (Phi) is 3.39. The molecule has 0 spiro atoms. The molecular formula is C12H12F3NO. The van der Waals surface area contributed by atoms with Gasteiger partial charge in [-0.25, -0.2) is 0 Å². The highest BCUT2D eigenvalue weighted by molar-refractivity contribution is 5.48. The summed E-state index contributed by atoms with van der Waals surface area (Å²) in [6.45, 7) is 0. The van der Waals surface area contributed by atoms with E-state index < -0.39 is 11.8 Å². The molecule has 1 atom stereocenters. The molecule has 0 aromatic heterocycles. The van der Waals surface area contributed by atoms with Crippen molar-refractivity contribution in [1.29, 1.82) is 0 Å². The molecule has 1 aromatic carbocycles. The van der Waals surface area contributed by atoms with Gasteiger partial charge < -0.3 is 10.0 Å². The number of hydrogen-bond acceptors (Lipinski definition) is 2. The Morgan fingerprint density at radius 1 is 1.18 bits per heavy atom. The number of benzene rings is 1. The third-order valence-corrected chi connectivity index (χ3v) is 2.42. The van der Waals surface area contributed by atoms with Crippen molar-refractivity contribution in [3.63, 3.8) is 0 Å². The van der Waals surface area contributed by atoms with Crippen molar-refractivity contribution in [3.8, 4) is 12.3 Å². The standard InChI is InChI=1S/C12H12F3NO/c1-4-11(17,12(13,14)15)9-5-7-10(8-6-9)16(2)3/h1,5-8,17H,2-3H3. The van der Waals surface area contributed by atoms with Gasteiger partial charge in [0.15, 0.2) is 0 Å². The maximum Gasteiger partial charge on any atom is 0.433 e. The van der Waals surface area contributed by atoms with Crippen LogP contribution in [-0.2, 0) is 5.60 Å². The van der Waals surface area contributed by atoms with Gasteiger partial charge in [-0.3, -0.25) is 0 Å². The average Bonchev–Trinajstić information content (AvgIpc) is 2.26. The van der Waals surface area contributed by atoms with Gasteiger partial charge in [0.1, 0.15) is 0 Å². The van der Waals surface area contributed by atoms with E-state index in [1.165, 1.54) is 30.2 Å². The Morgan fingerprint density at radius 2 is 1.65 bits per heavy atom. The molecule has 0 amide bonds. The fourth-order valence-electron chi connectivity index (χ4n) is 1.33. The van der Waals surface area contributed by atoms with Crippen LogP contribution in [0.25, 0.3) is 0 Å². The summed E-state index contributed by atoms with van der Waals surface area (Å²) in [6, 6.07) is 5.26. The van der Waals surface area contributed by atoms with Gasteiger partial charge in [-0.15, -0.1) is 6.42 Å². The molecule has 0 fully saturated rings. The molecule has 1 N–H and O–H groups in total. The number of aliphatic hydroxyl groups is 1. The third-order valence-electron chi connectivity index (χ3n) is 2.42. The molecule has 0 saturated heterocycles. The first-order valence-corrected chi connectivity index (χ1v) is 4.77. The van der Waals surface area contributed by atoms with Gasteiger partial charge in [-0.1, -0.05) is 18.1 Å². The van der Waals surface area contributed by atoms with Gasteiger partial charge in [-0.05, 0) is 12.1 Å². The zero-order valence-electron chi connectivity index (χ0n) is 9.42. The number of halogens is 3. The molecule has 0 aliphatic carbocycles. The molecule has 0 bridgehead atoms. The second-order valence-electron chi connectivity index (χ2n) is 3.79. The fourth-order valence-corrected chi connectivity index (χ4v) is 1.33. The average molecular weight is 243 g/mol. The summed E-state index contributed by atoms with van der Waals surface area (Å²) in [5.74, 6) is 1.40. The van der Waals surface area contributed by atoms with Crippen molar-refractivity contribution < 1.29 is 18.3 Å². The molecule has 0 saturated carbocycles. The lowest BCUT2D eigenvalue weighted by molar-refractivity contribution is -0.240. The Bertz CT molecular complexity index is 431. The molecule has 0 aliphatic heterocycles. The lowest BCUT2D eigenvalue weighted by Crippen LogP contribution is -2.40. The second-order valence-corrected chi connectivity index (χ2v) is 3.79. The maximum absolute atomic E-state index is 12.6. The highest BCUT2D eigenvalue weighted by Gasteiger charge is 2.54. The topological polar surface area (TPSA) is 23.5 Å². The van der Waals surface area contributed by atoms with Crippen molar-refractivity contribution in [2.45, 2.75) is 11.8 Å². The predicted octanol–water partition coefficient (Wildman–Crippen LogP) is 2.14. The minimum atomic E-state index is -4.90. The first kappa shape index (κ1) is 13.4. The lowest BCUT2D eigenvalue weighted by Gasteiger charge is -2.26. The first-order chi connectivity index (χ1) is 7.72. The van der Waals surface area contributed by atoms with Gasteiger partial charge in [0.05, 0.1) is 0 Å². The number of terminal acetylenes is 1. The third kappa shape index (κ3) is 2.37. The van der Waals surface area contributed by atoms with Crippen LogP contribution >= 0.6 is 0 Å². The molecule has 92 valence electrons. The summed E-state index contributed by atoms with van der Waals surface area (Å²) >= 11 is 0. The molecule has 1 unspecified atom stereocenters. The van der Waals surface area contributed by atoms with Gasteiger partial charge >= 0.3 is 6.18 Å². The van der Waals surface area contributed by atoms with Crippen molar-refractivity contribution in [1.82, 2.24) is 0 Å². The highest BCUT2D eigenvalue weighted by Crippen LogP contribution is 2.38. The quantitative estimate of drug-likeness (QED) is 0.804. The molecule has 17 heavy (non-hydrogen) atoms. The van der Waals surface area contributed by atoms with E-state index in [2.05, 4.69) is 0 Å². The van der Waals surface area contributed by atoms with E-state index in [-0.39, 0.29) is 5.56 Å². The van der Waals surface area contributed by atoms with Crippen molar-refractivity contribution in [2.75, 3.05) is 19.0 Å². The van der Waals surface area contributed by atoms with E-state index in [1.807, 2.05) is 0 Å². The molecular weight excluding hydrogens is 231 g/mol. The normalized spacial score (nSPS) is 14.9. The van der Waals surface area contributed by atoms with Crippen molar-refractivity contribution >= 4 is 5.69 Å². The summed E-state index contributed by atoms with van der Waals surface area (Å²) in [7, 11) is 3.51. The predicted molar refractivity (Wildman–Crippen MR) is 59.6 cm³/mol. The summed E-state index contributed by atoms with van der Waals surface area (Å²) in [5.41, 5.74) is -2.88. The van der Waals surface area contributed by atoms with Crippen LogP contribution in [0.4, 0.5) is 18.9 Å². The number of hydrogen-bond donors (Lipinski definition) is 1. The van der Waals surface area contributed by atoms with Crippen molar-refractivity contribution in [2.24, 2.45) is 0 Å². The number of alkyl halides is 3. The monoisotopic (exact) mass is 243 g/mol. The molecule has 1 aromatic rings. The Morgan fingerprint density at radius 3 is 1.94 bits per heavy atom. The number of anilines is 1. The van der Waals surface area contributed by atoms with E-state index in [0.29, 0.717) is 0 Å². The van der Waals surface area contributed by atoms with Gasteiger partial charge in [0.2, 0.25) is 5.60 Å². The lowest BCUT2D eigenvalue weighted by atomic mass is 9.94. The smallest absolute Gasteiger partial charge is 0.378 e. The van der Waals surface area contributed by atoms with E-state index in [4.69, 9.17) is 6.42 Å². The summed E-state index contributed by atoms with van der Waals surface area (Å²) in [4.78, 5) is 1.73. The highest BCUT2D eigenvalue weighted by atomic mass is 19.4. The first-order valence-electron chi connectivity index (χ1n) is 4.77. The molecule has 2 nitrogen and oxygen atoms in total. The Hall–Kier alpha value is -1.67. The SMILES string of the molecule is C#CC(O)(c1ccc(N(C)C)cc1)C(F)(F)F. The maximum atomic E-state index is 12.6. The Balaban J connectivity index is 3.20. The second kappa shape index (κ2) is 4.30. The number of nitrogens with zero attached hydrogens (tertiary/aromatic N) is 1. The molecule has 0 heterocycles. The molecule has 0 aliphatic rings. The minimum Gasteiger partial charge on any atom is -0.378 e. The summed E-state index contributed by atoms with van der Waals surface area (Å²) in [5, 5.41) is 9.48. The van der Waals surface area contributed by atoms with E-state index in [9.17, 15) is 18.3 Å². The zero-order valence-corrected chi connectivity index (χ0v) is 9.42. The summed E-state index contributed by atoms with van der Waals surface area (Å²) < 4.78 is 37.9. The van der Waals surface area contributed by atoms with Crippen LogP contribution in [0.3, 0.4) is 0 Å². The molecule has 0 radical (unpaired) electrons.